The first kappa shape index (κ1) is 17.0. The lowest BCUT2D eigenvalue weighted by Gasteiger charge is -2.26. The summed E-state index contributed by atoms with van der Waals surface area (Å²) >= 11 is 0. The fourth-order valence-corrected chi connectivity index (χ4v) is 3.18. The number of amides is 2. The summed E-state index contributed by atoms with van der Waals surface area (Å²) in [7, 11) is 1.95. The summed E-state index contributed by atoms with van der Waals surface area (Å²) in [6.45, 7) is 0.867. The van der Waals surface area contributed by atoms with E-state index in [9.17, 15) is 9.59 Å². The number of nitrogens with one attached hydrogen (secondary N) is 1. The Balaban J connectivity index is 1.50. The lowest BCUT2D eigenvalue weighted by atomic mass is 10.2. The van der Waals surface area contributed by atoms with Crippen molar-refractivity contribution in [3.8, 4) is 11.4 Å². The van der Waals surface area contributed by atoms with Gasteiger partial charge in [-0.1, -0.05) is 6.07 Å². The maximum absolute atomic E-state index is 12.4. The molecule has 0 aromatic carbocycles. The van der Waals surface area contributed by atoms with E-state index >= 15 is 0 Å². The van der Waals surface area contributed by atoms with Crippen LogP contribution in [-0.2, 0) is 29.7 Å². The largest absolute Gasteiger partial charge is 0.350 e. The van der Waals surface area contributed by atoms with Gasteiger partial charge >= 0.3 is 0 Å². The molecular formula is C19H20N6O2. The first-order chi connectivity index (χ1) is 13.1. The SMILES string of the molecule is Cn1cccc1-c1cc2n(n1)CCC(=O)N2CC(=O)NCc1cccnc1. The summed E-state index contributed by atoms with van der Waals surface area (Å²) in [5.74, 6) is 0.360. The summed E-state index contributed by atoms with van der Waals surface area (Å²) in [4.78, 5) is 30.3. The van der Waals surface area contributed by atoms with Crippen LogP contribution in [0, 0.1) is 0 Å². The monoisotopic (exact) mass is 364 g/mol. The Kier molecular flexibility index (Phi) is 4.45. The average Bonchev–Trinajstić information content (AvgIpc) is 3.29. The van der Waals surface area contributed by atoms with E-state index < -0.39 is 0 Å². The molecule has 8 nitrogen and oxygen atoms in total. The Labute approximate surface area is 156 Å². The Morgan fingerprint density at radius 2 is 2.19 bits per heavy atom. The second kappa shape index (κ2) is 7.06. The summed E-state index contributed by atoms with van der Waals surface area (Å²) in [5.41, 5.74) is 2.66. The van der Waals surface area contributed by atoms with Gasteiger partial charge in [-0.25, -0.2) is 4.68 Å². The molecule has 1 aliphatic heterocycles. The van der Waals surface area contributed by atoms with Crippen LogP contribution in [0.2, 0.25) is 0 Å². The molecule has 3 aromatic rings. The van der Waals surface area contributed by atoms with Crippen LogP contribution in [0.5, 0.6) is 0 Å². The van der Waals surface area contributed by atoms with Gasteiger partial charge in [0.2, 0.25) is 11.8 Å². The van der Waals surface area contributed by atoms with Gasteiger partial charge in [-0.05, 0) is 23.8 Å². The highest BCUT2D eigenvalue weighted by Crippen LogP contribution is 2.27. The molecule has 0 saturated carbocycles. The number of aryl methyl sites for hydroxylation is 2. The molecular weight excluding hydrogens is 344 g/mol. The normalized spacial score (nSPS) is 13.5. The van der Waals surface area contributed by atoms with Gasteiger partial charge in [0.15, 0.2) is 0 Å². The van der Waals surface area contributed by atoms with Crippen LogP contribution in [0.25, 0.3) is 11.4 Å². The predicted octanol–water partition coefficient (Wildman–Crippen LogP) is 1.34. The number of fused-ring (bicyclic) bond motifs is 1. The molecule has 0 unspecified atom stereocenters. The molecule has 0 fully saturated rings. The van der Waals surface area contributed by atoms with Crippen LogP contribution in [0.1, 0.15) is 12.0 Å². The Hall–Kier alpha value is -3.42. The summed E-state index contributed by atoms with van der Waals surface area (Å²) in [6, 6.07) is 9.49. The van der Waals surface area contributed by atoms with Gasteiger partial charge in [-0.2, -0.15) is 5.10 Å². The van der Waals surface area contributed by atoms with Gasteiger partial charge in [0, 0.05) is 44.7 Å². The number of aromatic nitrogens is 4. The Morgan fingerprint density at radius 1 is 1.30 bits per heavy atom. The molecule has 0 spiro atoms. The van der Waals surface area contributed by atoms with Crippen LogP contribution in [0.4, 0.5) is 5.82 Å². The second-order valence-electron chi connectivity index (χ2n) is 6.48. The Morgan fingerprint density at radius 3 is 2.93 bits per heavy atom. The molecule has 0 aliphatic carbocycles. The fourth-order valence-electron chi connectivity index (χ4n) is 3.18. The topological polar surface area (TPSA) is 85.0 Å². The number of carbonyl (C=O) groups is 2. The third-order valence-electron chi connectivity index (χ3n) is 4.59. The highest BCUT2D eigenvalue weighted by molar-refractivity contribution is 5.99. The van der Waals surface area contributed by atoms with Crippen LogP contribution in [0.15, 0.2) is 48.9 Å². The highest BCUT2D eigenvalue weighted by Gasteiger charge is 2.28. The van der Waals surface area contributed by atoms with Gasteiger partial charge < -0.3 is 9.88 Å². The number of pyridine rings is 1. The number of carbonyl (C=O) groups excluding carboxylic acids is 2. The van der Waals surface area contributed by atoms with Gasteiger partial charge in [-0.3, -0.25) is 19.5 Å². The van der Waals surface area contributed by atoms with Gasteiger partial charge in [0.1, 0.15) is 18.1 Å². The third-order valence-corrected chi connectivity index (χ3v) is 4.59. The molecule has 4 rings (SSSR count). The fraction of sp³-hybridized carbons (Fsp3) is 0.263. The van der Waals surface area contributed by atoms with Gasteiger partial charge in [0.05, 0.1) is 12.2 Å². The van der Waals surface area contributed by atoms with Crippen molar-refractivity contribution in [1.82, 2.24) is 24.6 Å². The molecule has 0 bridgehead atoms. The van der Waals surface area contributed by atoms with E-state index in [0.29, 0.717) is 25.3 Å². The number of nitrogens with zero attached hydrogens (tertiary/aromatic N) is 5. The highest BCUT2D eigenvalue weighted by atomic mass is 16.2. The van der Waals surface area contributed by atoms with E-state index in [-0.39, 0.29) is 18.4 Å². The average molecular weight is 364 g/mol. The second-order valence-corrected chi connectivity index (χ2v) is 6.48. The van der Waals surface area contributed by atoms with Crippen LogP contribution in [-0.4, -0.2) is 37.7 Å². The third kappa shape index (κ3) is 3.46. The molecule has 3 aromatic heterocycles. The minimum Gasteiger partial charge on any atom is -0.350 e. The molecule has 1 N–H and O–H groups in total. The zero-order valence-electron chi connectivity index (χ0n) is 15.0. The van der Waals surface area contributed by atoms with Crippen LogP contribution < -0.4 is 10.2 Å². The molecule has 27 heavy (non-hydrogen) atoms. The van der Waals surface area contributed by atoms with E-state index in [0.717, 1.165) is 17.0 Å². The van der Waals surface area contributed by atoms with E-state index in [1.807, 2.05) is 48.1 Å². The summed E-state index contributed by atoms with van der Waals surface area (Å²) in [6.07, 6.45) is 5.66. The maximum atomic E-state index is 12.4. The van der Waals surface area contributed by atoms with E-state index in [1.165, 1.54) is 4.90 Å². The predicted molar refractivity (Wildman–Crippen MR) is 99.7 cm³/mol. The molecule has 1 aliphatic rings. The van der Waals surface area contributed by atoms with Gasteiger partial charge in [-0.15, -0.1) is 0 Å². The van der Waals surface area contributed by atoms with Crippen molar-refractivity contribution in [1.29, 1.82) is 0 Å². The van der Waals surface area contributed by atoms with Crippen molar-refractivity contribution in [2.24, 2.45) is 7.05 Å². The molecule has 0 atom stereocenters. The lowest BCUT2D eigenvalue weighted by molar-refractivity contribution is -0.124. The number of hydrogen-bond donors (Lipinski definition) is 1. The Bertz CT molecular complexity index is 975. The van der Waals surface area contributed by atoms with E-state index in [1.54, 1.807) is 17.1 Å². The van der Waals surface area contributed by atoms with Crippen LogP contribution >= 0.6 is 0 Å². The van der Waals surface area contributed by atoms with E-state index in [4.69, 9.17) is 0 Å². The van der Waals surface area contributed by atoms with E-state index in [2.05, 4.69) is 15.4 Å². The van der Waals surface area contributed by atoms with Crippen molar-refractivity contribution in [2.45, 2.75) is 19.5 Å². The molecule has 8 heteroatoms. The summed E-state index contributed by atoms with van der Waals surface area (Å²) < 4.78 is 3.76. The molecule has 138 valence electrons. The smallest absolute Gasteiger partial charge is 0.240 e. The maximum Gasteiger partial charge on any atom is 0.240 e. The first-order valence-corrected chi connectivity index (χ1v) is 8.77. The van der Waals surface area contributed by atoms with Crippen molar-refractivity contribution < 1.29 is 9.59 Å². The zero-order chi connectivity index (χ0) is 18.8. The van der Waals surface area contributed by atoms with Gasteiger partial charge in [0.25, 0.3) is 0 Å². The number of rotatable bonds is 5. The summed E-state index contributed by atoms with van der Waals surface area (Å²) in [5, 5.41) is 7.44. The quantitative estimate of drug-likeness (QED) is 0.740. The molecule has 0 saturated heterocycles. The van der Waals surface area contributed by atoms with Crippen molar-refractivity contribution >= 4 is 17.6 Å². The minimum absolute atomic E-state index is 0.0304. The zero-order valence-corrected chi connectivity index (χ0v) is 15.0. The molecule has 2 amide bonds. The minimum atomic E-state index is -0.220. The van der Waals surface area contributed by atoms with Crippen molar-refractivity contribution in [2.75, 3.05) is 11.4 Å². The molecule has 4 heterocycles. The van der Waals surface area contributed by atoms with Crippen LogP contribution in [0.3, 0.4) is 0 Å². The van der Waals surface area contributed by atoms with Crippen molar-refractivity contribution in [3.05, 3.63) is 54.5 Å². The number of hydrogen-bond acceptors (Lipinski definition) is 4. The lowest BCUT2D eigenvalue weighted by Crippen LogP contribution is -2.44. The molecule has 0 radical (unpaired) electrons. The standard InChI is InChI=1S/C19H20N6O2/c1-23-8-3-5-16(23)15-10-18-24(19(27)6-9-25(18)22-15)13-17(26)21-12-14-4-2-7-20-11-14/h2-5,7-8,10-11H,6,9,12-13H2,1H3,(H,21,26). The first-order valence-electron chi connectivity index (χ1n) is 8.77. The van der Waals surface area contributed by atoms with Crippen molar-refractivity contribution in [3.63, 3.8) is 0 Å². The number of anilines is 1.